The van der Waals surface area contributed by atoms with Crippen molar-refractivity contribution in [2.45, 2.75) is 26.2 Å². The number of rotatable bonds is 5. The van der Waals surface area contributed by atoms with E-state index in [-0.39, 0.29) is 17.7 Å². The third-order valence-electron chi connectivity index (χ3n) is 4.73. The molecule has 3 rings (SSSR count). The van der Waals surface area contributed by atoms with Crippen molar-refractivity contribution in [3.05, 3.63) is 34.0 Å². The fourth-order valence-electron chi connectivity index (χ4n) is 3.35. The second-order valence-electron chi connectivity index (χ2n) is 7.20. The maximum Gasteiger partial charge on any atom is 0.257 e. The van der Waals surface area contributed by atoms with Crippen molar-refractivity contribution < 1.29 is 17.6 Å². The lowest BCUT2D eigenvalue weighted by Gasteiger charge is -2.16. The number of benzene rings is 1. The van der Waals surface area contributed by atoms with Gasteiger partial charge in [-0.05, 0) is 36.0 Å². The summed E-state index contributed by atoms with van der Waals surface area (Å²) in [5.74, 6) is 0.338. The van der Waals surface area contributed by atoms with Crippen LogP contribution in [0, 0.1) is 5.92 Å². The van der Waals surface area contributed by atoms with Crippen LogP contribution in [-0.4, -0.2) is 45.1 Å². The van der Waals surface area contributed by atoms with Crippen LogP contribution in [0.3, 0.4) is 0 Å². The Labute approximate surface area is 162 Å². The SMILES string of the molecule is CC(C)c1cc(Br)cc2c(C(=O)N3CC[C@@H](CNS(C)(=O)=O)C3)coc12. The normalized spacial score (nSPS) is 18.2. The Bertz CT molecular complexity index is 936. The zero-order chi connectivity index (χ0) is 19.1. The number of halogens is 1. The summed E-state index contributed by atoms with van der Waals surface area (Å²) in [4.78, 5) is 14.7. The first-order chi connectivity index (χ1) is 12.2. The first kappa shape index (κ1) is 19.4. The minimum atomic E-state index is -3.21. The molecule has 2 aromatic rings. The molecule has 6 nitrogen and oxygen atoms in total. The smallest absolute Gasteiger partial charge is 0.257 e. The molecule has 1 aromatic heterocycles. The molecule has 0 spiro atoms. The minimum Gasteiger partial charge on any atom is -0.463 e. The third kappa shape index (κ3) is 4.13. The molecule has 1 aliphatic rings. The van der Waals surface area contributed by atoms with E-state index in [1.54, 1.807) is 4.90 Å². The Hall–Kier alpha value is -1.38. The van der Waals surface area contributed by atoms with E-state index in [9.17, 15) is 13.2 Å². The Kier molecular flexibility index (Phi) is 5.46. The fourth-order valence-corrected chi connectivity index (χ4v) is 4.36. The summed E-state index contributed by atoms with van der Waals surface area (Å²) in [5.41, 5.74) is 2.37. The molecule has 1 aliphatic heterocycles. The average Bonchev–Trinajstić information content (AvgIpc) is 3.17. The molecule has 0 aliphatic carbocycles. The largest absolute Gasteiger partial charge is 0.463 e. The van der Waals surface area contributed by atoms with Crippen LogP contribution in [0.25, 0.3) is 11.0 Å². The summed E-state index contributed by atoms with van der Waals surface area (Å²) < 4.78 is 31.7. The van der Waals surface area contributed by atoms with Crippen molar-refractivity contribution in [2.24, 2.45) is 5.92 Å². The van der Waals surface area contributed by atoms with Gasteiger partial charge in [-0.1, -0.05) is 29.8 Å². The molecule has 1 aromatic carbocycles. The zero-order valence-corrected chi connectivity index (χ0v) is 17.5. The van der Waals surface area contributed by atoms with E-state index in [1.807, 2.05) is 12.1 Å². The van der Waals surface area contributed by atoms with Crippen LogP contribution >= 0.6 is 15.9 Å². The molecule has 142 valence electrons. The van der Waals surface area contributed by atoms with E-state index in [0.29, 0.717) is 25.2 Å². The summed E-state index contributed by atoms with van der Waals surface area (Å²) in [6.45, 7) is 5.69. The highest BCUT2D eigenvalue weighted by Gasteiger charge is 2.29. The van der Waals surface area contributed by atoms with E-state index in [4.69, 9.17) is 4.42 Å². The van der Waals surface area contributed by atoms with Crippen LogP contribution in [0.15, 0.2) is 27.3 Å². The standard InChI is InChI=1S/C18H23BrN2O4S/c1-11(2)14-6-13(19)7-15-16(10-25-17(14)15)18(22)21-5-4-12(9-21)8-20-26(3,23)24/h6-7,10-12,20H,4-5,8-9H2,1-3H3/t12-/m0/s1. The first-order valence-corrected chi connectivity index (χ1v) is 11.3. The van der Waals surface area contributed by atoms with Gasteiger partial charge < -0.3 is 9.32 Å². The molecule has 8 heteroatoms. The van der Waals surface area contributed by atoms with Crippen LogP contribution < -0.4 is 4.72 Å². The molecular formula is C18H23BrN2O4S. The van der Waals surface area contributed by atoms with E-state index < -0.39 is 10.0 Å². The predicted molar refractivity (Wildman–Crippen MR) is 105 cm³/mol. The van der Waals surface area contributed by atoms with Gasteiger partial charge in [0.1, 0.15) is 11.8 Å². The van der Waals surface area contributed by atoms with Crippen molar-refractivity contribution in [2.75, 3.05) is 25.9 Å². The number of nitrogens with zero attached hydrogens (tertiary/aromatic N) is 1. The summed E-state index contributed by atoms with van der Waals surface area (Å²) >= 11 is 3.52. The maximum absolute atomic E-state index is 13.0. The summed E-state index contributed by atoms with van der Waals surface area (Å²) in [6.07, 6.45) is 3.46. The van der Waals surface area contributed by atoms with Crippen molar-refractivity contribution in [3.8, 4) is 0 Å². The molecular weight excluding hydrogens is 420 g/mol. The van der Waals surface area contributed by atoms with E-state index >= 15 is 0 Å². The lowest BCUT2D eigenvalue weighted by Crippen LogP contribution is -2.32. The Balaban J connectivity index is 1.81. The van der Waals surface area contributed by atoms with Gasteiger partial charge in [0.25, 0.3) is 5.91 Å². The number of carbonyl (C=O) groups excluding carboxylic acids is 1. The summed E-state index contributed by atoms with van der Waals surface area (Å²) in [5, 5.41) is 0.811. The van der Waals surface area contributed by atoms with Crippen LogP contribution in [0.5, 0.6) is 0 Å². The van der Waals surface area contributed by atoms with Gasteiger partial charge in [0.15, 0.2) is 0 Å². The van der Waals surface area contributed by atoms with E-state index in [0.717, 1.165) is 33.7 Å². The highest BCUT2D eigenvalue weighted by molar-refractivity contribution is 9.10. The second kappa shape index (κ2) is 7.32. The van der Waals surface area contributed by atoms with Crippen LogP contribution in [0.4, 0.5) is 0 Å². The number of furan rings is 1. The minimum absolute atomic E-state index is 0.0709. The van der Waals surface area contributed by atoms with Crippen molar-refractivity contribution in [1.29, 1.82) is 0 Å². The third-order valence-corrected chi connectivity index (χ3v) is 5.88. The van der Waals surface area contributed by atoms with Crippen LogP contribution in [0.1, 0.15) is 42.1 Å². The van der Waals surface area contributed by atoms with Gasteiger partial charge in [0, 0.05) is 29.5 Å². The van der Waals surface area contributed by atoms with Crippen molar-refractivity contribution >= 4 is 42.8 Å². The first-order valence-electron chi connectivity index (χ1n) is 8.60. The topological polar surface area (TPSA) is 79.6 Å². The average molecular weight is 443 g/mol. The molecule has 1 fully saturated rings. The van der Waals surface area contributed by atoms with Gasteiger partial charge in [0.05, 0.1) is 11.8 Å². The number of hydrogen-bond acceptors (Lipinski definition) is 4. The summed E-state index contributed by atoms with van der Waals surface area (Å²) in [6, 6.07) is 3.93. The van der Waals surface area contributed by atoms with Gasteiger partial charge in [-0.3, -0.25) is 4.79 Å². The fraction of sp³-hybridized carbons (Fsp3) is 0.500. The van der Waals surface area contributed by atoms with E-state index in [2.05, 4.69) is 34.5 Å². The molecule has 0 saturated carbocycles. The Morgan fingerprint density at radius 3 is 2.81 bits per heavy atom. The monoisotopic (exact) mass is 442 g/mol. The van der Waals surface area contributed by atoms with E-state index in [1.165, 1.54) is 6.26 Å². The predicted octanol–water partition coefficient (Wildman–Crippen LogP) is 3.33. The van der Waals surface area contributed by atoms with Crippen LogP contribution in [-0.2, 0) is 10.0 Å². The number of likely N-dealkylation sites (tertiary alicyclic amines) is 1. The number of fused-ring (bicyclic) bond motifs is 1. The molecule has 1 N–H and O–H groups in total. The number of carbonyl (C=O) groups is 1. The maximum atomic E-state index is 13.0. The van der Waals surface area contributed by atoms with Crippen LogP contribution in [0.2, 0.25) is 0 Å². The van der Waals surface area contributed by atoms with Gasteiger partial charge in [-0.25, -0.2) is 13.1 Å². The number of sulfonamides is 1. The van der Waals surface area contributed by atoms with Crippen molar-refractivity contribution in [3.63, 3.8) is 0 Å². The molecule has 26 heavy (non-hydrogen) atoms. The molecule has 0 unspecified atom stereocenters. The number of nitrogens with one attached hydrogen (secondary N) is 1. The zero-order valence-electron chi connectivity index (χ0n) is 15.1. The van der Waals surface area contributed by atoms with Gasteiger partial charge >= 0.3 is 0 Å². The van der Waals surface area contributed by atoms with Gasteiger partial charge in [0.2, 0.25) is 10.0 Å². The lowest BCUT2D eigenvalue weighted by atomic mass is 10.00. The van der Waals surface area contributed by atoms with Gasteiger partial charge in [-0.2, -0.15) is 0 Å². The molecule has 2 heterocycles. The molecule has 0 radical (unpaired) electrons. The number of hydrogen-bond donors (Lipinski definition) is 1. The highest BCUT2D eigenvalue weighted by atomic mass is 79.9. The second-order valence-corrected chi connectivity index (χ2v) is 9.95. The number of amides is 1. The molecule has 1 saturated heterocycles. The quantitative estimate of drug-likeness (QED) is 0.769. The molecule has 0 bridgehead atoms. The molecule has 1 amide bonds. The highest BCUT2D eigenvalue weighted by Crippen LogP contribution is 2.33. The van der Waals surface area contributed by atoms with Gasteiger partial charge in [-0.15, -0.1) is 0 Å². The molecule has 1 atom stereocenters. The Morgan fingerprint density at radius 1 is 1.42 bits per heavy atom. The Morgan fingerprint density at radius 2 is 2.15 bits per heavy atom. The summed E-state index contributed by atoms with van der Waals surface area (Å²) in [7, 11) is -3.21. The lowest BCUT2D eigenvalue weighted by molar-refractivity contribution is 0.0788. The van der Waals surface area contributed by atoms with Crippen molar-refractivity contribution in [1.82, 2.24) is 9.62 Å².